The van der Waals surface area contributed by atoms with Crippen LogP contribution in [0.1, 0.15) is 18.9 Å². The fourth-order valence-corrected chi connectivity index (χ4v) is 2.46. The molecule has 0 unspecified atom stereocenters. The summed E-state index contributed by atoms with van der Waals surface area (Å²) in [5.74, 6) is 0. The minimum Gasteiger partial charge on any atom is -0.334 e. The van der Waals surface area contributed by atoms with E-state index in [1.165, 1.54) is 5.69 Å². The highest BCUT2D eigenvalue weighted by Crippen LogP contribution is 2.22. The molecular weight excluding hydrogens is 224 g/mol. The summed E-state index contributed by atoms with van der Waals surface area (Å²) in [7, 11) is 0. The van der Waals surface area contributed by atoms with E-state index in [0.717, 1.165) is 25.9 Å². The van der Waals surface area contributed by atoms with E-state index < -0.39 is 0 Å². The van der Waals surface area contributed by atoms with Gasteiger partial charge in [-0.25, -0.2) is 9.99 Å². The third-order valence-corrected chi connectivity index (χ3v) is 3.47. The van der Waals surface area contributed by atoms with Crippen molar-refractivity contribution in [2.75, 3.05) is 18.5 Å². The Bertz CT molecular complexity index is 458. The second kappa shape index (κ2) is 5.23. The average molecular weight is 242 g/mol. The molecule has 0 amide bonds. The predicted octanol–water partition coefficient (Wildman–Crippen LogP) is 2.55. The predicted molar refractivity (Wildman–Crippen MR) is 72.1 cm³/mol. The first-order chi connectivity index (χ1) is 8.92. The Hall–Kier alpha value is -1.81. The molecule has 1 aromatic carbocycles. The number of hydrazine groups is 1. The van der Waals surface area contributed by atoms with Gasteiger partial charge < -0.3 is 9.99 Å². The molecule has 0 saturated carbocycles. The molecule has 0 bridgehead atoms. The van der Waals surface area contributed by atoms with Gasteiger partial charge in [0.15, 0.2) is 0 Å². The third-order valence-electron chi connectivity index (χ3n) is 3.47. The van der Waals surface area contributed by atoms with Crippen molar-refractivity contribution in [3.05, 3.63) is 49.1 Å². The Morgan fingerprint density at radius 3 is 2.56 bits per heavy atom. The Morgan fingerprint density at radius 1 is 1.11 bits per heavy atom. The first-order valence-electron chi connectivity index (χ1n) is 6.46. The molecule has 2 aromatic rings. The maximum absolute atomic E-state index is 4.12. The molecule has 1 fully saturated rings. The molecule has 1 saturated heterocycles. The van der Waals surface area contributed by atoms with Crippen molar-refractivity contribution in [1.29, 1.82) is 0 Å². The monoisotopic (exact) mass is 242 g/mol. The summed E-state index contributed by atoms with van der Waals surface area (Å²) in [4.78, 5) is 4.12. The van der Waals surface area contributed by atoms with Crippen LogP contribution in [0.3, 0.4) is 0 Å². The molecular formula is C14H18N4. The van der Waals surface area contributed by atoms with Gasteiger partial charge in [-0.2, -0.15) is 0 Å². The van der Waals surface area contributed by atoms with Crippen molar-refractivity contribution in [3.8, 4) is 0 Å². The van der Waals surface area contributed by atoms with E-state index in [2.05, 4.69) is 50.4 Å². The number of piperidine rings is 1. The van der Waals surface area contributed by atoms with Gasteiger partial charge in [-0.1, -0.05) is 18.2 Å². The lowest BCUT2D eigenvalue weighted by Gasteiger charge is -2.33. The van der Waals surface area contributed by atoms with Crippen LogP contribution in [0.4, 0.5) is 5.69 Å². The van der Waals surface area contributed by atoms with Gasteiger partial charge in [-0.05, 0) is 25.0 Å². The average Bonchev–Trinajstić information content (AvgIpc) is 2.95. The highest BCUT2D eigenvalue weighted by molar-refractivity contribution is 5.41. The second-order valence-electron chi connectivity index (χ2n) is 4.71. The number of rotatable bonds is 3. The van der Waals surface area contributed by atoms with Crippen LogP contribution in [-0.2, 0) is 0 Å². The van der Waals surface area contributed by atoms with Crippen molar-refractivity contribution in [2.45, 2.75) is 18.9 Å². The van der Waals surface area contributed by atoms with Gasteiger partial charge in [0, 0.05) is 37.2 Å². The Labute approximate surface area is 107 Å². The van der Waals surface area contributed by atoms with Crippen LogP contribution in [0.2, 0.25) is 0 Å². The molecule has 0 radical (unpaired) electrons. The molecule has 0 atom stereocenters. The molecule has 1 aliphatic rings. The first kappa shape index (κ1) is 11.3. The fourth-order valence-electron chi connectivity index (χ4n) is 2.46. The Morgan fingerprint density at radius 2 is 1.89 bits per heavy atom. The van der Waals surface area contributed by atoms with E-state index in [1.54, 1.807) is 0 Å². The smallest absolute Gasteiger partial charge is 0.0948 e. The highest BCUT2D eigenvalue weighted by Gasteiger charge is 2.19. The maximum atomic E-state index is 4.12. The summed E-state index contributed by atoms with van der Waals surface area (Å²) in [5.41, 5.74) is 4.62. The number of hydrogen-bond donors (Lipinski definition) is 1. The third kappa shape index (κ3) is 2.54. The van der Waals surface area contributed by atoms with E-state index in [4.69, 9.17) is 0 Å². The number of imidazole rings is 1. The molecule has 18 heavy (non-hydrogen) atoms. The van der Waals surface area contributed by atoms with Gasteiger partial charge in [0.2, 0.25) is 0 Å². The molecule has 94 valence electrons. The van der Waals surface area contributed by atoms with Gasteiger partial charge in [0.1, 0.15) is 0 Å². The molecule has 4 nitrogen and oxygen atoms in total. The minimum atomic E-state index is 0.598. The molecule has 1 aromatic heterocycles. The Balaban J connectivity index is 1.54. The number of nitrogens with one attached hydrogen (secondary N) is 1. The lowest BCUT2D eigenvalue weighted by Crippen LogP contribution is -2.38. The molecule has 4 heteroatoms. The van der Waals surface area contributed by atoms with E-state index in [0.29, 0.717) is 6.04 Å². The van der Waals surface area contributed by atoms with Crippen LogP contribution in [-0.4, -0.2) is 27.6 Å². The van der Waals surface area contributed by atoms with E-state index in [1.807, 2.05) is 18.6 Å². The number of nitrogens with zero attached hydrogens (tertiary/aromatic N) is 3. The number of hydrogen-bond acceptors (Lipinski definition) is 3. The first-order valence-corrected chi connectivity index (χ1v) is 6.46. The van der Waals surface area contributed by atoms with Crippen molar-refractivity contribution < 1.29 is 0 Å². The zero-order valence-electron chi connectivity index (χ0n) is 10.4. The summed E-state index contributed by atoms with van der Waals surface area (Å²) < 4.78 is 2.22. The summed E-state index contributed by atoms with van der Waals surface area (Å²) in [5, 5.41) is 2.29. The number of para-hydroxylation sites is 1. The van der Waals surface area contributed by atoms with Gasteiger partial charge in [0.05, 0.1) is 6.33 Å². The summed E-state index contributed by atoms with van der Waals surface area (Å²) in [6, 6.07) is 10.9. The topological polar surface area (TPSA) is 33.1 Å². The standard InChI is InChI=1S/C14H18N4/c1-2-4-13(5-3-1)16-18-9-6-14(7-10-18)17-11-8-15-12-17/h1-5,8,11-12,14,16H,6-7,9-10H2. The van der Waals surface area contributed by atoms with Crippen molar-refractivity contribution in [3.63, 3.8) is 0 Å². The van der Waals surface area contributed by atoms with E-state index in [9.17, 15) is 0 Å². The molecule has 1 N–H and O–H groups in total. The second-order valence-corrected chi connectivity index (χ2v) is 4.71. The highest BCUT2D eigenvalue weighted by atomic mass is 15.5. The Kier molecular flexibility index (Phi) is 3.28. The molecule has 0 aliphatic carbocycles. The SMILES string of the molecule is c1ccc(NN2CCC(n3ccnc3)CC2)cc1. The van der Waals surface area contributed by atoms with Crippen LogP contribution in [0.25, 0.3) is 0 Å². The summed E-state index contributed by atoms with van der Waals surface area (Å²) in [6.07, 6.45) is 8.16. The molecule has 0 spiro atoms. The van der Waals surface area contributed by atoms with Crippen molar-refractivity contribution >= 4 is 5.69 Å². The number of benzene rings is 1. The van der Waals surface area contributed by atoms with E-state index in [-0.39, 0.29) is 0 Å². The van der Waals surface area contributed by atoms with Crippen LogP contribution in [0, 0.1) is 0 Å². The quantitative estimate of drug-likeness (QED) is 0.898. The lowest BCUT2D eigenvalue weighted by atomic mass is 10.1. The zero-order chi connectivity index (χ0) is 12.2. The maximum Gasteiger partial charge on any atom is 0.0948 e. The number of aromatic nitrogens is 2. The van der Waals surface area contributed by atoms with Crippen LogP contribution < -0.4 is 5.43 Å². The molecule has 1 aliphatic heterocycles. The summed E-state index contributed by atoms with van der Waals surface area (Å²) in [6.45, 7) is 2.13. The number of anilines is 1. The molecule has 2 heterocycles. The van der Waals surface area contributed by atoms with Gasteiger partial charge in [-0.15, -0.1) is 0 Å². The fraction of sp³-hybridized carbons (Fsp3) is 0.357. The lowest BCUT2D eigenvalue weighted by molar-refractivity contribution is 0.219. The zero-order valence-corrected chi connectivity index (χ0v) is 10.4. The van der Waals surface area contributed by atoms with Crippen LogP contribution in [0.5, 0.6) is 0 Å². The largest absolute Gasteiger partial charge is 0.334 e. The molecule has 3 rings (SSSR count). The minimum absolute atomic E-state index is 0.598. The van der Waals surface area contributed by atoms with Crippen molar-refractivity contribution in [1.82, 2.24) is 14.6 Å². The van der Waals surface area contributed by atoms with Gasteiger partial charge in [0.25, 0.3) is 0 Å². The van der Waals surface area contributed by atoms with Crippen LogP contribution >= 0.6 is 0 Å². The van der Waals surface area contributed by atoms with Gasteiger partial charge >= 0.3 is 0 Å². The van der Waals surface area contributed by atoms with Gasteiger partial charge in [-0.3, -0.25) is 0 Å². The van der Waals surface area contributed by atoms with Crippen molar-refractivity contribution in [2.24, 2.45) is 0 Å². The summed E-state index contributed by atoms with van der Waals surface area (Å²) >= 11 is 0. The normalized spacial score (nSPS) is 17.8. The van der Waals surface area contributed by atoms with Crippen LogP contribution in [0.15, 0.2) is 49.1 Å². The van der Waals surface area contributed by atoms with E-state index >= 15 is 0 Å².